The normalized spacial score (nSPS) is 20.3. The Morgan fingerprint density at radius 1 is 1.13 bits per heavy atom. The van der Waals surface area contributed by atoms with Gasteiger partial charge in [0, 0.05) is 62.1 Å². The molecule has 164 valence electrons. The monoisotopic (exact) mass is 423 g/mol. The summed E-state index contributed by atoms with van der Waals surface area (Å²) in [6.45, 7) is 9.78. The molecule has 0 amide bonds. The average molecular weight is 424 g/mol. The van der Waals surface area contributed by atoms with Crippen LogP contribution in [0.4, 0.5) is 11.6 Å². The molecule has 9 nitrogen and oxygen atoms in total. The molecule has 0 unspecified atom stereocenters. The van der Waals surface area contributed by atoms with Crippen LogP contribution < -0.4 is 10.2 Å². The maximum atomic E-state index is 5.63. The predicted molar refractivity (Wildman–Crippen MR) is 120 cm³/mol. The van der Waals surface area contributed by atoms with Crippen LogP contribution in [-0.2, 0) is 9.47 Å². The smallest absolute Gasteiger partial charge is 0.164 e. The number of hydrogen-bond donors (Lipinski definition) is 2. The molecule has 9 heteroatoms. The Hall–Kier alpha value is -2.75. The summed E-state index contributed by atoms with van der Waals surface area (Å²) in [5, 5.41) is 4.55. The van der Waals surface area contributed by atoms with E-state index in [4.69, 9.17) is 19.4 Å². The highest BCUT2D eigenvalue weighted by Gasteiger charge is 2.22. The van der Waals surface area contributed by atoms with E-state index in [2.05, 4.69) is 38.1 Å². The Bertz CT molecular complexity index is 1020. The molecule has 5 rings (SSSR count). The summed E-state index contributed by atoms with van der Waals surface area (Å²) >= 11 is 0. The molecule has 0 aromatic carbocycles. The summed E-state index contributed by atoms with van der Waals surface area (Å²) < 4.78 is 11.1. The number of morpholine rings is 2. The number of aromatic nitrogens is 4. The van der Waals surface area contributed by atoms with Crippen LogP contribution in [0.25, 0.3) is 22.4 Å². The number of fused-ring (bicyclic) bond motifs is 1. The number of hydrogen-bond acceptors (Lipinski definition) is 8. The standard InChI is InChI=1S/C22H29N7O2/c1-16-15-31-13-10-29(16)20-14-19(23-6-7-28-8-11-30-12-9-28)26-22(27-20)18-3-5-25-21-17(18)2-4-24-21/h2-5,14,16H,6-13,15H2,1H3,(H,24,25)(H,23,26,27)/t16-/m1/s1. The average Bonchev–Trinajstić information content (AvgIpc) is 3.29. The van der Waals surface area contributed by atoms with E-state index in [1.807, 2.05) is 18.3 Å². The molecule has 2 saturated heterocycles. The Morgan fingerprint density at radius 3 is 2.87 bits per heavy atom. The summed E-state index contributed by atoms with van der Waals surface area (Å²) in [6.07, 6.45) is 3.70. The van der Waals surface area contributed by atoms with Gasteiger partial charge in [0.2, 0.25) is 0 Å². The zero-order chi connectivity index (χ0) is 21.0. The van der Waals surface area contributed by atoms with Gasteiger partial charge in [-0.15, -0.1) is 0 Å². The van der Waals surface area contributed by atoms with Gasteiger partial charge in [-0.25, -0.2) is 15.0 Å². The zero-order valence-electron chi connectivity index (χ0n) is 17.9. The maximum Gasteiger partial charge on any atom is 0.164 e. The second-order valence-electron chi connectivity index (χ2n) is 8.03. The number of H-pyrrole nitrogens is 1. The molecule has 0 bridgehead atoms. The summed E-state index contributed by atoms with van der Waals surface area (Å²) in [6, 6.07) is 6.33. The van der Waals surface area contributed by atoms with Gasteiger partial charge in [0.05, 0.1) is 32.5 Å². The first-order valence-corrected chi connectivity index (χ1v) is 11.0. The highest BCUT2D eigenvalue weighted by molar-refractivity contribution is 5.91. The third-order valence-electron chi connectivity index (χ3n) is 5.91. The molecule has 2 aliphatic rings. The van der Waals surface area contributed by atoms with E-state index < -0.39 is 0 Å². The van der Waals surface area contributed by atoms with E-state index in [0.29, 0.717) is 19.0 Å². The highest BCUT2D eigenvalue weighted by Crippen LogP contribution is 2.28. The highest BCUT2D eigenvalue weighted by atomic mass is 16.5. The number of pyridine rings is 1. The van der Waals surface area contributed by atoms with Gasteiger partial charge in [-0.3, -0.25) is 4.90 Å². The molecule has 31 heavy (non-hydrogen) atoms. The molecule has 5 heterocycles. The van der Waals surface area contributed by atoms with Crippen LogP contribution in [-0.4, -0.2) is 90.0 Å². The van der Waals surface area contributed by atoms with Gasteiger partial charge in [0.25, 0.3) is 0 Å². The topological polar surface area (TPSA) is 91.4 Å². The van der Waals surface area contributed by atoms with Gasteiger partial charge in [0.15, 0.2) is 5.82 Å². The van der Waals surface area contributed by atoms with Crippen molar-refractivity contribution < 1.29 is 9.47 Å². The number of ether oxygens (including phenoxy) is 2. The fraction of sp³-hybridized carbons (Fsp3) is 0.500. The quantitative estimate of drug-likeness (QED) is 0.622. The Labute approximate surface area is 181 Å². The molecule has 3 aromatic heterocycles. The molecule has 2 fully saturated rings. The SMILES string of the molecule is C[C@@H]1COCCN1c1cc(NCCN2CCOCC2)nc(-c2ccnc3[nH]ccc23)n1. The van der Waals surface area contributed by atoms with E-state index in [9.17, 15) is 0 Å². The first kappa shape index (κ1) is 20.2. The van der Waals surface area contributed by atoms with Crippen molar-refractivity contribution in [3.63, 3.8) is 0 Å². The summed E-state index contributed by atoms with van der Waals surface area (Å²) in [5.41, 5.74) is 1.82. The lowest BCUT2D eigenvalue weighted by atomic mass is 10.1. The molecule has 1 atom stereocenters. The Kier molecular flexibility index (Phi) is 5.97. The third kappa shape index (κ3) is 4.48. The molecular weight excluding hydrogens is 394 g/mol. The van der Waals surface area contributed by atoms with Crippen LogP contribution in [0.1, 0.15) is 6.92 Å². The molecule has 0 saturated carbocycles. The van der Waals surface area contributed by atoms with Crippen molar-refractivity contribution in [1.82, 2.24) is 24.8 Å². The van der Waals surface area contributed by atoms with Gasteiger partial charge in [-0.05, 0) is 19.1 Å². The number of rotatable bonds is 6. The molecule has 0 radical (unpaired) electrons. The van der Waals surface area contributed by atoms with Gasteiger partial charge in [0.1, 0.15) is 17.3 Å². The number of nitrogens with zero attached hydrogens (tertiary/aromatic N) is 5. The third-order valence-corrected chi connectivity index (χ3v) is 5.91. The van der Waals surface area contributed by atoms with Crippen molar-refractivity contribution in [3.05, 3.63) is 30.6 Å². The second-order valence-corrected chi connectivity index (χ2v) is 8.03. The number of nitrogens with one attached hydrogen (secondary N) is 2. The van der Waals surface area contributed by atoms with Crippen molar-refractivity contribution in [2.24, 2.45) is 0 Å². The van der Waals surface area contributed by atoms with Crippen LogP contribution in [0.3, 0.4) is 0 Å². The minimum Gasteiger partial charge on any atom is -0.379 e. The fourth-order valence-electron chi connectivity index (χ4n) is 4.18. The minimum atomic E-state index is 0.266. The van der Waals surface area contributed by atoms with Gasteiger partial charge < -0.3 is 24.7 Å². The molecule has 2 N–H and O–H groups in total. The molecular formula is C22H29N7O2. The molecule has 3 aromatic rings. The summed E-state index contributed by atoms with van der Waals surface area (Å²) in [4.78, 5) is 22.1. The number of aromatic amines is 1. The van der Waals surface area contributed by atoms with Crippen molar-refractivity contribution in [3.8, 4) is 11.4 Å². The Balaban J connectivity index is 1.44. The Morgan fingerprint density at radius 2 is 2.00 bits per heavy atom. The van der Waals surface area contributed by atoms with Crippen LogP contribution in [0, 0.1) is 0 Å². The van der Waals surface area contributed by atoms with E-state index >= 15 is 0 Å². The van der Waals surface area contributed by atoms with Crippen molar-refractivity contribution in [2.45, 2.75) is 13.0 Å². The van der Waals surface area contributed by atoms with Crippen molar-refractivity contribution in [2.75, 3.05) is 69.4 Å². The second kappa shape index (κ2) is 9.17. The van der Waals surface area contributed by atoms with Gasteiger partial charge >= 0.3 is 0 Å². The zero-order valence-corrected chi connectivity index (χ0v) is 17.9. The van der Waals surface area contributed by atoms with Gasteiger partial charge in [-0.2, -0.15) is 0 Å². The van der Waals surface area contributed by atoms with Gasteiger partial charge in [-0.1, -0.05) is 0 Å². The first-order valence-electron chi connectivity index (χ1n) is 11.0. The number of anilines is 2. The van der Waals surface area contributed by atoms with Crippen LogP contribution in [0.2, 0.25) is 0 Å². The lowest BCUT2D eigenvalue weighted by molar-refractivity contribution is 0.0398. The molecule has 0 aliphatic carbocycles. The van der Waals surface area contributed by atoms with Crippen LogP contribution in [0.15, 0.2) is 30.6 Å². The first-order chi connectivity index (χ1) is 15.3. The summed E-state index contributed by atoms with van der Waals surface area (Å²) in [7, 11) is 0. The molecule has 2 aliphatic heterocycles. The lowest BCUT2D eigenvalue weighted by Gasteiger charge is -2.34. The van der Waals surface area contributed by atoms with E-state index in [1.54, 1.807) is 6.20 Å². The minimum absolute atomic E-state index is 0.266. The van der Waals surface area contributed by atoms with Crippen molar-refractivity contribution in [1.29, 1.82) is 0 Å². The van der Waals surface area contributed by atoms with E-state index in [-0.39, 0.29) is 6.04 Å². The predicted octanol–water partition coefficient (Wildman–Crippen LogP) is 1.99. The van der Waals surface area contributed by atoms with Crippen molar-refractivity contribution >= 4 is 22.7 Å². The maximum absolute atomic E-state index is 5.63. The van der Waals surface area contributed by atoms with Crippen LogP contribution in [0.5, 0.6) is 0 Å². The largest absolute Gasteiger partial charge is 0.379 e. The summed E-state index contributed by atoms with van der Waals surface area (Å²) in [5.74, 6) is 2.47. The molecule has 0 spiro atoms. The van der Waals surface area contributed by atoms with Crippen LogP contribution >= 0.6 is 0 Å². The van der Waals surface area contributed by atoms with E-state index in [0.717, 1.165) is 74.2 Å². The fourth-order valence-corrected chi connectivity index (χ4v) is 4.18. The lowest BCUT2D eigenvalue weighted by Crippen LogP contribution is -2.44. The van der Waals surface area contributed by atoms with E-state index in [1.165, 1.54) is 0 Å².